The Morgan fingerprint density at radius 1 is 1.21 bits per heavy atom. The number of ether oxygens (including phenoxy) is 1. The summed E-state index contributed by atoms with van der Waals surface area (Å²) >= 11 is 1.25. The van der Waals surface area contributed by atoms with Gasteiger partial charge in [-0.2, -0.15) is 0 Å². The van der Waals surface area contributed by atoms with Crippen molar-refractivity contribution in [1.82, 2.24) is 14.9 Å². The first-order chi connectivity index (χ1) is 14.0. The van der Waals surface area contributed by atoms with Crippen LogP contribution in [0.4, 0.5) is 0 Å². The summed E-state index contributed by atoms with van der Waals surface area (Å²) in [5, 5.41) is 3.92. The van der Waals surface area contributed by atoms with Gasteiger partial charge in [-0.1, -0.05) is 43.0 Å². The minimum atomic E-state index is -0.143. The van der Waals surface area contributed by atoms with Crippen molar-refractivity contribution in [3.05, 3.63) is 64.4 Å². The zero-order chi connectivity index (χ0) is 20.8. The van der Waals surface area contributed by atoms with Crippen LogP contribution in [0, 0.1) is 0 Å². The van der Waals surface area contributed by atoms with Crippen molar-refractivity contribution in [2.45, 2.75) is 31.5 Å². The fourth-order valence-corrected chi connectivity index (χ4v) is 3.88. The number of para-hydroxylation sites is 1. The third-order valence-corrected chi connectivity index (χ3v) is 5.44. The number of nitrogens with zero attached hydrogens (tertiary/aromatic N) is 2. The standard InChI is InChI=1S/C22H25N3O3S/c1-4-16-9-11-17(12-10-16)25-21(27)18-7-5-6-8-19(18)24-22(25)29-14-20(26)23-15(2)13-28-3/h5-12,15H,4,13-14H2,1-3H3,(H,23,26)/t15-/m0/s1. The predicted octanol–water partition coefficient (Wildman–Crippen LogP) is 3.19. The lowest BCUT2D eigenvalue weighted by Crippen LogP contribution is -2.36. The van der Waals surface area contributed by atoms with Crippen LogP contribution in [0.2, 0.25) is 0 Å². The average Bonchev–Trinajstić information content (AvgIpc) is 2.73. The molecule has 1 atom stereocenters. The topological polar surface area (TPSA) is 73.2 Å². The molecule has 0 bridgehead atoms. The molecule has 0 aliphatic rings. The molecule has 0 radical (unpaired) electrons. The molecule has 1 aromatic heterocycles. The van der Waals surface area contributed by atoms with Crippen LogP contribution >= 0.6 is 11.8 Å². The van der Waals surface area contributed by atoms with Gasteiger partial charge in [-0.05, 0) is 43.2 Å². The molecule has 3 aromatic rings. The van der Waals surface area contributed by atoms with Crippen LogP contribution in [-0.4, -0.2) is 41.0 Å². The highest BCUT2D eigenvalue weighted by molar-refractivity contribution is 7.99. The molecule has 0 aliphatic carbocycles. The number of fused-ring (bicyclic) bond motifs is 1. The van der Waals surface area contributed by atoms with Crippen molar-refractivity contribution in [1.29, 1.82) is 0 Å². The molecule has 6 nitrogen and oxygen atoms in total. The van der Waals surface area contributed by atoms with E-state index in [4.69, 9.17) is 4.74 Å². The van der Waals surface area contributed by atoms with E-state index in [9.17, 15) is 9.59 Å². The van der Waals surface area contributed by atoms with Crippen molar-refractivity contribution in [2.75, 3.05) is 19.5 Å². The molecule has 2 aromatic carbocycles. The molecule has 3 rings (SSSR count). The molecule has 1 amide bonds. The molecular formula is C22H25N3O3S. The summed E-state index contributed by atoms with van der Waals surface area (Å²) < 4.78 is 6.63. The zero-order valence-electron chi connectivity index (χ0n) is 16.8. The quantitative estimate of drug-likeness (QED) is 0.455. The molecule has 0 saturated carbocycles. The Morgan fingerprint density at radius 3 is 2.62 bits per heavy atom. The SMILES string of the molecule is CCc1ccc(-n2c(SCC(=O)N[C@@H](C)COC)nc3ccccc3c2=O)cc1. The third kappa shape index (κ3) is 5.05. The normalized spacial score (nSPS) is 12.1. The second-order valence-electron chi connectivity index (χ2n) is 6.78. The van der Waals surface area contributed by atoms with Crippen LogP contribution in [-0.2, 0) is 16.0 Å². The largest absolute Gasteiger partial charge is 0.383 e. The lowest BCUT2D eigenvalue weighted by Gasteiger charge is -2.15. The molecule has 0 saturated heterocycles. The number of hydrogen-bond donors (Lipinski definition) is 1. The lowest BCUT2D eigenvalue weighted by atomic mass is 10.1. The summed E-state index contributed by atoms with van der Waals surface area (Å²) in [7, 11) is 1.60. The number of aromatic nitrogens is 2. The van der Waals surface area contributed by atoms with Gasteiger partial charge in [0.05, 0.1) is 29.0 Å². The van der Waals surface area contributed by atoms with Gasteiger partial charge in [-0.25, -0.2) is 4.98 Å². The van der Waals surface area contributed by atoms with Gasteiger partial charge < -0.3 is 10.1 Å². The Morgan fingerprint density at radius 2 is 1.93 bits per heavy atom. The van der Waals surface area contributed by atoms with Gasteiger partial charge in [0.1, 0.15) is 0 Å². The molecular weight excluding hydrogens is 386 g/mol. The summed E-state index contributed by atoms with van der Waals surface area (Å²) in [4.78, 5) is 30.1. The number of carbonyl (C=O) groups is 1. The van der Waals surface area contributed by atoms with Crippen LogP contribution in [0.3, 0.4) is 0 Å². The van der Waals surface area contributed by atoms with Crippen molar-refractivity contribution >= 4 is 28.6 Å². The smallest absolute Gasteiger partial charge is 0.266 e. The van der Waals surface area contributed by atoms with E-state index in [0.717, 1.165) is 12.1 Å². The van der Waals surface area contributed by atoms with E-state index < -0.39 is 0 Å². The van der Waals surface area contributed by atoms with E-state index in [1.807, 2.05) is 49.4 Å². The van der Waals surface area contributed by atoms with Crippen LogP contribution < -0.4 is 10.9 Å². The molecule has 152 valence electrons. The van der Waals surface area contributed by atoms with Crippen LogP contribution in [0.15, 0.2) is 58.5 Å². The first-order valence-corrected chi connectivity index (χ1v) is 10.5. The van der Waals surface area contributed by atoms with Gasteiger partial charge in [0.2, 0.25) is 5.91 Å². The number of aryl methyl sites for hydroxylation is 1. The molecule has 1 N–H and O–H groups in total. The fraction of sp³-hybridized carbons (Fsp3) is 0.318. The molecule has 0 spiro atoms. The maximum absolute atomic E-state index is 13.2. The number of nitrogens with one attached hydrogen (secondary N) is 1. The molecule has 0 fully saturated rings. The monoisotopic (exact) mass is 411 g/mol. The van der Waals surface area contributed by atoms with E-state index in [-0.39, 0.29) is 23.3 Å². The van der Waals surface area contributed by atoms with Gasteiger partial charge in [0.25, 0.3) is 5.56 Å². The Hall–Kier alpha value is -2.64. The van der Waals surface area contributed by atoms with E-state index in [0.29, 0.717) is 22.7 Å². The van der Waals surface area contributed by atoms with E-state index in [2.05, 4.69) is 17.2 Å². The summed E-state index contributed by atoms with van der Waals surface area (Å²) in [5.41, 5.74) is 2.41. The van der Waals surface area contributed by atoms with Gasteiger partial charge in [-0.3, -0.25) is 14.2 Å². The van der Waals surface area contributed by atoms with Gasteiger partial charge >= 0.3 is 0 Å². The highest BCUT2D eigenvalue weighted by atomic mass is 32.2. The highest BCUT2D eigenvalue weighted by Gasteiger charge is 2.15. The zero-order valence-corrected chi connectivity index (χ0v) is 17.7. The number of benzene rings is 2. The lowest BCUT2D eigenvalue weighted by molar-refractivity contribution is -0.119. The van der Waals surface area contributed by atoms with Crippen LogP contribution in [0.1, 0.15) is 19.4 Å². The molecule has 7 heteroatoms. The maximum Gasteiger partial charge on any atom is 0.266 e. The van der Waals surface area contributed by atoms with Gasteiger partial charge in [0, 0.05) is 13.2 Å². The fourth-order valence-electron chi connectivity index (χ4n) is 3.06. The predicted molar refractivity (Wildman–Crippen MR) is 117 cm³/mol. The minimum absolute atomic E-state index is 0.0820. The van der Waals surface area contributed by atoms with Crippen molar-refractivity contribution in [3.63, 3.8) is 0 Å². The van der Waals surface area contributed by atoms with Gasteiger partial charge in [-0.15, -0.1) is 0 Å². The van der Waals surface area contributed by atoms with Gasteiger partial charge in [0.15, 0.2) is 5.16 Å². The summed E-state index contributed by atoms with van der Waals surface area (Å²) in [5.74, 6) is 0.0288. The average molecular weight is 412 g/mol. The Kier molecular flexibility index (Phi) is 7.06. The number of carbonyl (C=O) groups excluding carboxylic acids is 1. The van der Waals surface area contributed by atoms with Crippen molar-refractivity contribution in [2.24, 2.45) is 0 Å². The number of methoxy groups -OCH3 is 1. The summed E-state index contributed by atoms with van der Waals surface area (Å²) in [6.45, 7) is 4.41. The number of rotatable bonds is 8. The molecule has 0 unspecified atom stereocenters. The molecule has 1 heterocycles. The molecule has 29 heavy (non-hydrogen) atoms. The van der Waals surface area contributed by atoms with Crippen molar-refractivity contribution < 1.29 is 9.53 Å². The Bertz CT molecular complexity index is 1050. The highest BCUT2D eigenvalue weighted by Crippen LogP contribution is 2.21. The van der Waals surface area contributed by atoms with E-state index in [1.165, 1.54) is 17.3 Å². The summed E-state index contributed by atoms with van der Waals surface area (Å²) in [6.07, 6.45) is 0.923. The maximum atomic E-state index is 13.2. The first kappa shape index (κ1) is 21.1. The Labute approximate surface area is 174 Å². The second-order valence-corrected chi connectivity index (χ2v) is 7.73. The van der Waals surface area contributed by atoms with Crippen LogP contribution in [0.5, 0.6) is 0 Å². The summed E-state index contributed by atoms with van der Waals surface area (Å²) in [6, 6.07) is 15.0. The first-order valence-electron chi connectivity index (χ1n) is 9.55. The minimum Gasteiger partial charge on any atom is -0.383 e. The van der Waals surface area contributed by atoms with E-state index >= 15 is 0 Å². The third-order valence-electron chi connectivity index (χ3n) is 4.50. The number of hydrogen-bond acceptors (Lipinski definition) is 5. The number of amides is 1. The van der Waals surface area contributed by atoms with E-state index in [1.54, 1.807) is 17.7 Å². The van der Waals surface area contributed by atoms with Crippen molar-refractivity contribution in [3.8, 4) is 5.69 Å². The Balaban J connectivity index is 1.96. The van der Waals surface area contributed by atoms with Crippen LogP contribution in [0.25, 0.3) is 16.6 Å². The molecule has 0 aliphatic heterocycles. The second kappa shape index (κ2) is 9.71. The number of thioether (sulfide) groups is 1.